The first-order valence-corrected chi connectivity index (χ1v) is 7.76. The molecule has 0 fully saturated rings. The van der Waals surface area contributed by atoms with Gasteiger partial charge in [0.1, 0.15) is 11.3 Å². The van der Waals surface area contributed by atoms with E-state index in [1.165, 1.54) is 11.3 Å². The van der Waals surface area contributed by atoms with Crippen LogP contribution in [0.25, 0.3) is 0 Å². The molecule has 0 bridgehead atoms. The smallest absolute Gasteiger partial charge is 0.276 e. The standard InChI is InChI=1S/C17H13N3O2S/c21-16(20-19-12-14-8-5-11-23-14)15-9-4-10-18-17(15)22-13-6-2-1-3-7-13/h1-12H,(H,20,21)/b19-12+. The third-order valence-corrected chi connectivity index (χ3v) is 3.68. The molecule has 3 rings (SSSR count). The molecule has 0 spiro atoms. The SMILES string of the molecule is O=C(N/N=C/c1cccs1)c1cccnc1Oc1ccccc1. The van der Waals surface area contributed by atoms with Crippen LogP contribution in [0.4, 0.5) is 0 Å². The summed E-state index contributed by atoms with van der Waals surface area (Å²) in [5, 5.41) is 5.88. The molecule has 2 aromatic heterocycles. The highest BCUT2D eigenvalue weighted by Crippen LogP contribution is 2.22. The summed E-state index contributed by atoms with van der Waals surface area (Å²) < 4.78 is 5.66. The van der Waals surface area contributed by atoms with Crippen LogP contribution in [0.3, 0.4) is 0 Å². The molecule has 5 nitrogen and oxygen atoms in total. The Balaban J connectivity index is 1.73. The van der Waals surface area contributed by atoms with Crippen molar-refractivity contribution in [1.29, 1.82) is 0 Å². The van der Waals surface area contributed by atoms with Gasteiger partial charge in [0.25, 0.3) is 5.91 Å². The monoisotopic (exact) mass is 323 g/mol. The zero-order chi connectivity index (χ0) is 15.9. The lowest BCUT2D eigenvalue weighted by molar-refractivity contribution is 0.0952. The van der Waals surface area contributed by atoms with Gasteiger partial charge in [0.05, 0.1) is 6.21 Å². The molecule has 3 aromatic rings. The normalized spacial score (nSPS) is 10.6. The molecule has 0 saturated carbocycles. The highest BCUT2D eigenvalue weighted by Gasteiger charge is 2.13. The van der Waals surface area contributed by atoms with E-state index in [1.807, 2.05) is 35.7 Å². The second-order valence-electron chi connectivity index (χ2n) is 4.49. The summed E-state index contributed by atoms with van der Waals surface area (Å²) in [5.74, 6) is 0.474. The van der Waals surface area contributed by atoms with Gasteiger partial charge >= 0.3 is 0 Å². The number of hydrazone groups is 1. The van der Waals surface area contributed by atoms with E-state index >= 15 is 0 Å². The highest BCUT2D eigenvalue weighted by molar-refractivity contribution is 7.11. The molecule has 0 aliphatic carbocycles. The molecule has 0 aliphatic rings. The molecule has 114 valence electrons. The minimum atomic E-state index is -0.378. The number of amides is 1. The number of hydrogen-bond donors (Lipinski definition) is 1. The van der Waals surface area contributed by atoms with E-state index in [4.69, 9.17) is 4.74 Å². The molecule has 0 unspecified atom stereocenters. The molecular formula is C17H13N3O2S. The van der Waals surface area contributed by atoms with Crippen molar-refractivity contribution in [2.24, 2.45) is 5.10 Å². The maximum atomic E-state index is 12.2. The van der Waals surface area contributed by atoms with Crippen molar-refractivity contribution >= 4 is 23.5 Å². The van der Waals surface area contributed by atoms with E-state index in [-0.39, 0.29) is 11.8 Å². The highest BCUT2D eigenvalue weighted by atomic mass is 32.1. The molecule has 1 N–H and O–H groups in total. The number of hydrogen-bond acceptors (Lipinski definition) is 5. The van der Waals surface area contributed by atoms with Gasteiger partial charge < -0.3 is 4.74 Å². The van der Waals surface area contributed by atoms with Gasteiger partial charge in [-0.15, -0.1) is 11.3 Å². The van der Waals surface area contributed by atoms with Crippen molar-refractivity contribution in [3.63, 3.8) is 0 Å². The first-order valence-electron chi connectivity index (χ1n) is 6.88. The molecule has 0 aliphatic heterocycles. The second-order valence-corrected chi connectivity index (χ2v) is 5.47. The van der Waals surface area contributed by atoms with Gasteiger partial charge in [-0.2, -0.15) is 5.10 Å². The Kier molecular flexibility index (Phi) is 4.76. The minimum absolute atomic E-state index is 0.238. The number of thiophene rings is 1. The maximum Gasteiger partial charge on any atom is 0.276 e. The number of benzene rings is 1. The van der Waals surface area contributed by atoms with E-state index in [9.17, 15) is 4.79 Å². The molecule has 23 heavy (non-hydrogen) atoms. The first kappa shape index (κ1) is 14.9. The van der Waals surface area contributed by atoms with Crippen molar-refractivity contribution in [2.75, 3.05) is 0 Å². The quantitative estimate of drug-likeness (QED) is 0.575. The predicted octanol–water partition coefficient (Wildman–Crippen LogP) is 3.70. The number of carbonyl (C=O) groups excluding carboxylic acids is 1. The number of pyridine rings is 1. The number of ether oxygens (including phenoxy) is 1. The van der Waals surface area contributed by atoms with Crippen LogP contribution < -0.4 is 10.2 Å². The minimum Gasteiger partial charge on any atom is -0.438 e. The lowest BCUT2D eigenvalue weighted by atomic mass is 10.2. The number of carbonyl (C=O) groups is 1. The Morgan fingerprint density at radius 2 is 2.00 bits per heavy atom. The lowest BCUT2D eigenvalue weighted by Gasteiger charge is -2.08. The molecule has 6 heteroatoms. The number of rotatable bonds is 5. The van der Waals surface area contributed by atoms with Crippen LogP contribution in [-0.2, 0) is 0 Å². The summed E-state index contributed by atoms with van der Waals surface area (Å²) in [6.45, 7) is 0. The van der Waals surface area contributed by atoms with Crippen LogP contribution >= 0.6 is 11.3 Å². The van der Waals surface area contributed by atoms with Gasteiger partial charge in [-0.3, -0.25) is 4.79 Å². The number of para-hydroxylation sites is 1. The fraction of sp³-hybridized carbons (Fsp3) is 0. The third-order valence-electron chi connectivity index (χ3n) is 2.87. The lowest BCUT2D eigenvalue weighted by Crippen LogP contribution is -2.18. The number of nitrogens with zero attached hydrogens (tertiary/aromatic N) is 2. The summed E-state index contributed by atoms with van der Waals surface area (Å²) in [7, 11) is 0. The van der Waals surface area contributed by atoms with Gasteiger partial charge in [0.15, 0.2) is 0 Å². The second kappa shape index (κ2) is 7.33. The third kappa shape index (κ3) is 4.02. The largest absolute Gasteiger partial charge is 0.438 e. The maximum absolute atomic E-state index is 12.2. The molecule has 1 amide bonds. The molecule has 2 heterocycles. The van der Waals surface area contributed by atoms with Crippen LogP contribution in [0, 0.1) is 0 Å². The molecular weight excluding hydrogens is 310 g/mol. The molecule has 0 saturated heterocycles. The Labute approximate surface area is 137 Å². The fourth-order valence-corrected chi connectivity index (χ4v) is 2.41. The number of aromatic nitrogens is 1. The summed E-state index contributed by atoms with van der Waals surface area (Å²) in [6, 6.07) is 16.3. The van der Waals surface area contributed by atoms with E-state index in [2.05, 4.69) is 15.5 Å². The van der Waals surface area contributed by atoms with Gasteiger partial charge in [-0.25, -0.2) is 10.4 Å². The van der Waals surface area contributed by atoms with E-state index in [1.54, 1.807) is 36.7 Å². The van der Waals surface area contributed by atoms with Gasteiger partial charge in [-0.05, 0) is 35.7 Å². The topological polar surface area (TPSA) is 63.6 Å². The van der Waals surface area contributed by atoms with Crippen LogP contribution in [-0.4, -0.2) is 17.1 Å². The van der Waals surface area contributed by atoms with E-state index < -0.39 is 0 Å². The summed E-state index contributed by atoms with van der Waals surface area (Å²) >= 11 is 1.54. The van der Waals surface area contributed by atoms with Crippen molar-refractivity contribution < 1.29 is 9.53 Å². The summed E-state index contributed by atoms with van der Waals surface area (Å²) in [4.78, 5) is 17.3. The van der Waals surface area contributed by atoms with Gasteiger partial charge in [0, 0.05) is 11.1 Å². The predicted molar refractivity (Wildman–Crippen MR) is 90.1 cm³/mol. The van der Waals surface area contributed by atoms with Crippen LogP contribution in [0.15, 0.2) is 71.3 Å². The number of nitrogens with one attached hydrogen (secondary N) is 1. The molecule has 0 atom stereocenters. The Morgan fingerprint density at radius 3 is 2.78 bits per heavy atom. The first-order chi connectivity index (χ1) is 11.3. The van der Waals surface area contributed by atoms with Crippen molar-refractivity contribution in [1.82, 2.24) is 10.4 Å². The molecule has 0 radical (unpaired) electrons. The van der Waals surface area contributed by atoms with Crippen molar-refractivity contribution in [3.05, 3.63) is 76.6 Å². The average Bonchev–Trinajstić information content (AvgIpc) is 3.09. The van der Waals surface area contributed by atoms with Crippen molar-refractivity contribution in [2.45, 2.75) is 0 Å². The van der Waals surface area contributed by atoms with Gasteiger partial charge in [0.2, 0.25) is 5.88 Å². The molecule has 1 aromatic carbocycles. The van der Waals surface area contributed by atoms with Crippen LogP contribution in [0.5, 0.6) is 11.6 Å². The average molecular weight is 323 g/mol. The fourth-order valence-electron chi connectivity index (χ4n) is 1.82. The van der Waals surface area contributed by atoms with Crippen molar-refractivity contribution in [3.8, 4) is 11.6 Å². The Morgan fingerprint density at radius 1 is 1.13 bits per heavy atom. The zero-order valence-electron chi connectivity index (χ0n) is 12.0. The Bertz CT molecular complexity index is 802. The van der Waals surface area contributed by atoms with Gasteiger partial charge in [-0.1, -0.05) is 24.3 Å². The van der Waals surface area contributed by atoms with Crippen LogP contribution in [0.2, 0.25) is 0 Å². The van der Waals surface area contributed by atoms with E-state index in [0.717, 1.165) is 4.88 Å². The van der Waals surface area contributed by atoms with Crippen LogP contribution in [0.1, 0.15) is 15.2 Å². The van der Waals surface area contributed by atoms with E-state index in [0.29, 0.717) is 11.3 Å². The summed E-state index contributed by atoms with van der Waals surface area (Å²) in [6.07, 6.45) is 3.17. The Hall–Kier alpha value is -2.99. The zero-order valence-corrected chi connectivity index (χ0v) is 12.9. The summed E-state index contributed by atoms with van der Waals surface area (Å²) in [5.41, 5.74) is 2.80.